The Balaban J connectivity index is 4.05. The van der Waals surface area contributed by atoms with Gasteiger partial charge in [0.05, 0.1) is 6.61 Å². The van der Waals surface area contributed by atoms with Crippen LogP contribution in [0.5, 0.6) is 0 Å². The molecule has 0 amide bonds. The van der Waals surface area contributed by atoms with Crippen LogP contribution >= 0.6 is 7.82 Å². The van der Waals surface area contributed by atoms with Crippen molar-refractivity contribution in [3.05, 3.63) is 60.8 Å². The lowest BCUT2D eigenvalue weighted by atomic mass is 10.1. The number of unbranched alkanes of at least 4 members (excludes halogenated alkanes) is 17. The van der Waals surface area contributed by atoms with Gasteiger partial charge >= 0.3 is 19.8 Å². The third kappa shape index (κ3) is 40.5. The largest absolute Gasteiger partial charge is 0.469 e. The maximum absolute atomic E-state index is 12.4. The third-order valence-corrected chi connectivity index (χ3v) is 8.99. The van der Waals surface area contributed by atoms with Crippen LogP contribution in [0.15, 0.2) is 60.8 Å². The normalized spacial score (nSPS) is 13.1. The highest BCUT2D eigenvalue weighted by molar-refractivity contribution is 7.46. The molecule has 0 aromatic carbocycles. The van der Waals surface area contributed by atoms with E-state index in [1.165, 1.54) is 89.9 Å². The van der Waals surface area contributed by atoms with Crippen molar-refractivity contribution in [3.63, 3.8) is 0 Å². The van der Waals surface area contributed by atoms with Gasteiger partial charge in [-0.3, -0.25) is 14.1 Å². The van der Waals surface area contributed by atoms with E-state index in [4.69, 9.17) is 19.3 Å². The maximum Gasteiger partial charge on any atom is 0.469 e. The molecule has 0 unspecified atom stereocenters. The average Bonchev–Trinajstić information content (AvgIpc) is 3.11. The van der Waals surface area contributed by atoms with E-state index in [1.54, 1.807) is 0 Å². The Labute approximate surface area is 317 Å². The predicted molar refractivity (Wildman–Crippen MR) is 216 cm³/mol. The number of hydrogen-bond donors (Lipinski definition) is 2. The SMILES string of the molecule is CCCCCCCC/C=C/CCCCCC(=O)O[C@H](COC(=O)CCC/C=C/C/C=C/C/C=C/C/C=C/CCCCCCCCC)COP(=O)(O)O. The molecule has 0 fully saturated rings. The summed E-state index contributed by atoms with van der Waals surface area (Å²) < 4.78 is 26.3. The molecule has 1 atom stereocenters. The second-order valence-electron chi connectivity index (χ2n) is 13.6. The standard InChI is InChI=1S/C43H75O8P/c1-3-5-7-9-11-13-15-17-18-19-20-21-22-23-24-26-27-29-31-33-35-37-42(44)49-39-41(40-50-52(46,47)48)51-43(45)38-36-34-32-30-28-25-16-14-12-10-8-6-4-2/h18-19,21-22,24-26,28-29,31,41H,3-17,20,23,27,30,32-40H2,1-2H3,(H2,46,47,48)/b19-18+,22-21+,26-24+,28-25+,31-29+/t41-/m1/s1. The Morgan fingerprint density at radius 2 is 0.885 bits per heavy atom. The average molecular weight is 751 g/mol. The summed E-state index contributed by atoms with van der Waals surface area (Å²) in [5.41, 5.74) is 0. The molecule has 0 radical (unpaired) electrons. The number of hydrogen-bond acceptors (Lipinski definition) is 6. The molecular weight excluding hydrogens is 675 g/mol. The molecule has 0 aromatic rings. The molecule has 2 N–H and O–H groups in total. The summed E-state index contributed by atoms with van der Waals surface area (Å²) >= 11 is 0. The fourth-order valence-electron chi connectivity index (χ4n) is 5.42. The van der Waals surface area contributed by atoms with Gasteiger partial charge in [-0.25, -0.2) is 4.57 Å². The summed E-state index contributed by atoms with van der Waals surface area (Å²) in [6.45, 7) is 3.60. The third-order valence-electron chi connectivity index (χ3n) is 8.51. The van der Waals surface area contributed by atoms with Crippen LogP contribution in [0.2, 0.25) is 0 Å². The van der Waals surface area contributed by atoms with E-state index >= 15 is 0 Å². The van der Waals surface area contributed by atoms with Crippen LogP contribution in [0.25, 0.3) is 0 Å². The van der Waals surface area contributed by atoms with E-state index < -0.39 is 32.5 Å². The molecule has 0 aliphatic rings. The van der Waals surface area contributed by atoms with Gasteiger partial charge in [-0.1, -0.05) is 152 Å². The molecule has 0 rings (SSSR count). The second kappa shape index (κ2) is 38.5. The van der Waals surface area contributed by atoms with Crippen molar-refractivity contribution < 1.29 is 37.9 Å². The first-order valence-electron chi connectivity index (χ1n) is 20.6. The lowest BCUT2D eigenvalue weighted by Gasteiger charge is -2.18. The number of allylic oxidation sites excluding steroid dienone is 10. The molecule has 0 aromatic heterocycles. The lowest BCUT2D eigenvalue weighted by molar-refractivity contribution is -0.161. The highest BCUT2D eigenvalue weighted by atomic mass is 31.2. The molecule has 0 aliphatic heterocycles. The van der Waals surface area contributed by atoms with Crippen molar-refractivity contribution in [2.24, 2.45) is 0 Å². The van der Waals surface area contributed by atoms with Crippen molar-refractivity contribution in [2.75, 3.05) is 13.2 Å². The van der Waals surface area contributed by atoms with Gasteiger partial charge in [-0.05, 0) is 77.0 Å². The Bertz CT molecular complexity index is 1030. The minimum Gasteiger partial charge on any atom is -0.462 e. The number of esters is 2. The van der Waals surface area contributed by atoms with Crippen molar-refractivity contribution >= 4 is 19.8 Å². The molecular formula is C43H75O8P. The minimum absolute atomic E-state index is 0.178. The minimum atomic E-state index is -4.77. The zero-order chi connectivity index (χ0) is 38.2. The zero-order valence-electron chi connectivity index (χ0n) is 32.9. The fraction of sp³-hybridized carbons (Fsp3) is 0.721. The van der Waals surface area contributed by atoms with E-state index in [0.29, 0.717) is 12.8 Å². The van der Waals surface area contributed by atoms with Crippen molar-refractivity contribution in [3.8, 4) is 0 Å². The van der Waals surface area contributed by atoms with E-state index in [0.717, 1.165) is 51.4 Å². The highest BCUT2D eigenvalue weighted by Crippen LogP contribution is 2.36. The van der Waals surface area contributed by atoms with Gasteiger partial charge in [0.15, 0.2) is 6.10 Å². The number of carbonyl (C=O) groups excluding carboxylic acids is 2. The van der Waals surface area contributed by atoms with E-state index in [2.05, 4.69) is 73.1 Å². The van der Waals surface area contributed by atoms with Crippen LogP contribution in [0, 0.1) is 0 Å². The number of phosphoric ester groups is 1. The van der Waals surface area contributed by atoms with Crippen LogP contribution in [0.4, 0.5) is 0 Å². The van der Waals surface area contributed by atoms with Gasteiger partial charge in [0.2, 0.25) is 0 Å². The first-order valence-corrected chi connectivity index (χ1v) is 22.1. The van der Waals surface area contributed by atoms with Gasteiger partial charge < -0.3 is 19.3 Å². The first kappa shape index (κ1) is 49.8. The molecule has 52 heavy (non-hydrogen) atoms. The smallest absolute Gasteiger partial charge is 0.462 e. The summed E-state index contributed by atoms with van der Waals surface area (Å²) in [6.07, 6.45) is 48.1. The molecule has 0 spiro atoms. The Hall–Kier alpha value is -2.25. The number of ether oxygens (including phenoxy) is 2. The van der Waals surface area contributed by atoms with Gasteiger partial charge in [0.1, 0.15) is 6.61 Å². The fourth-order valence-corrected chi connectivity index (χ4v) is 5.78. The summed E-state index contributed by atoms with van der Waals surface area (Å²) in [7, 11) is -4.77. The molecule has 0 saturated carbocycles. The Kier molecular flexibility index (Phi) is 36.8. The van der Waals surface area contributed by atoms with E-state index in [9.17, 15) is 14.2 Å². The number of phosphoric acid groups is 1. The van der Waals surface area contributed by atoms with Crippen LogP contribution in [0.1, 0.15) is 181 Å². The van der Waals surface area contributed by atoms with Gasteiger partial charge in [0.25, 0.3) is 0 Å². The summed E-state index contributed by atoms with van der Waals surface area (Å²) in [6, 6.07) is 0. The molecule has 0 aliphatic carbocycles. The van der Waals surface area contributed by atoms with Gasteiger partial charge in [-0.2, -0.15) is 0 Å². The van der Waals surface area contributed by atoms with Crippen LogP contribution in [-0.2, 0) is 28.2 Å². The maximum atomic E-state index is 12.4. The van der Waals surface area contributed by atoms with Crippen molar-refractivity contribution in [1.29, 1.82) is 0 Å². The van der Waals surface area contributed by atoms with Crippen LogP contribution < -0.4 is 0 Å². The van der Waals surface area contributed by atoms with Crippen LogP contribution in [0.3, 0.4) is 0 Å². The van der Waals surface area contributed by atoms with E-state index in [1.807, 2.05) is 6.08 Å². The number of carbonyl (C=O) groups is 2. The zero-order valence-corrected chi connectivity index (χ0v) is 33.8. The number of rotatable bonds is 37. The molecule has 0 saturated heterocycles. The summed E-state index contributed by atoms with van der Waals surface area (Å²) in [4.78, 5) is 42.7. The Morgan fingerprint density at radius 3 is 1.37 bits per heavy atom. The quantitative estimate of drug-likeness (QED) is 0.0279. The van der Waals surface area contributed by atoms with Crippen molar-refractivity contribution in [2.45, 2.75) is 187 Å². The topological polar surface area (TPSA) is 119 Å². The molecule has 300 valence electrons. The molecule has 0 heterocycles. The predicted octanol–water partition coefficient (Wildman–Crippen LogP) is 12.5. The second-order valence-corrected chi connectivity index (χ2v) is 14.8. The monoisotopic (exact) mass is 751 g/mol. The van der Waals surface area contributed by atoms with Crippen molar-refractivity contribution in [1.82, 2.24) is 0 Å². The Morgan fingerprint density at radius 1 is 0.500 bits per heavy atom. The van der Waals surface area contributed by atoms with Gasteiger partial charge in [0, 0.05) is 12.8 Å². The molecule has 8 nitrogen and oxygen atoms in total. The highest BCUT2D eigenvalue weighted by Gasteiger charge is 2.22. The molecule has 0 bridgehead atoms. The first-order chi connectivity index (χ1) is 25.3. The molecule has 9 heteroatoms. The van der Waals surface area contributed by atoms with Crippen LogP contribution in [-0.4, -0.2) is 41.0 Å². The van der Waals surface area contributed by atoms with Gasteiger partial charge in [-0.15, -0.1) is 0 Å². The summed E-state index contributed by atoms with van der Waals surface area (Å²) in [5.74, 6) is -0.972. The lowest BCUT2D eigenvalue weighted by Crippen LogP contribution is -2.29. The van der Waals surface area contributed by atoms with E-state index in [-0.39, 0.29) is 19.4 Å². The summed E-state index contributed by atoms with van der Waals surface area (Å²) in [5, 5.41) is 0.